The van der Waals surface area contributed by atoms with Crippen LogP contribution in [0.5, 0.6) is 5.75 Å². The molecule has 0 aromatic carbocycles. The summed E-state index contributed by atoms with van der Waals surface area (Å²) >= 11 is 0. The number of aromatic nitrogens is 1. The van der Waals surface area contributed by atoms with Crippen LogP contribution in [0.4, 0.5) is 0 Å². The lowest BCUT2D eigenvalue weighted by atomic mass is 10.1. The van der Waals surface area contributed by atoms with Crippen molar-refractivity contribution >= 4 is 0 Å². The Balaban J connectivity index is 3.20. The molecule has 0 radical (unpaired) electrons. The lowest BCUT2D eigenvalue weighted by molar-refractivity contribution is 0.405. The van der Waals surface area contributed by atoms with Crippen LogP contribution in [0.1, 0.15) is 36.7 Å². The van der Waals surface area contributed by atoms with Crippen LogP contribution in [-0.2, 0) is 0 Å². The highest BCUT2D eigenvalue weighted by Crippen LogP contribution is 2.24. The van der Waals surface area contributed by atoms with E-state index in [1.807, 2.05) is 6.92 Å². The molecule has 0 fully saturated rings. The van der Waals surface area contributed by atoms with E-state index >= 15 is 0 Å². The van der Waals surface area contributed by atoms with Crippen molar-refractivity contribution in [2.75, 3.05) is 7.11 Å². The number of ether oxygens (including phenoxy) is 1. The van der Waals surface area contributed by atoms with E-state index in [9.17, 15) is 0 Å². The summed E-state index contributed by atoms with van der Waals surface area (Å²) in [5, 5.41) is 0. The van der Waals surface area contributed by atoms with Crippen LogP contribution in [0.3, 0.4) is 0 Å². The third-order valence-electron chi connectivity index (χ3n) is 2.14. The topological polar surface area (TPSA) is 22.1 Å². The average Bonchev–Trinajstić information content (AvgIpc) is 2.03. The van der Waals surface area contributed by atoms with Gasteiger partial charge < -0.3 is 4.74 Å². The van der Waals surface area contributed by atoms with Crippen LogP contribution in [0.25, 0.3) is 0 Å². The predicted molar refractivity (Wildman–Crippen MR) is 54.4 cm³/mol. The third kappa shape index (κ3) is 2.00. The fraction of sp³-hybridized carbons (Fsp3) is 0.545. The molecule has 0 unspecified atom stereocenters. The standard InChI is InChI=1S/C11H17NO/c1-7(2)10-6-8(3)11(13-5)9(4)12-10/h6-7H,1-5H3. The van der Waals surface area contributed by atoms with Gasteiger partial charge in [-0.05, 0) is 31.4 Å². The van der Waals surface area contributed by atoms with E-state index in [0.29, 0.717) is 5.92 Å². The smallest absolute Gasteiger partial charge is 0.142 e. The molecule has 1 rings (SSSR count). The monoisotopic (exact) mass is 179 g/mol. The van der Waals surface area contributed by atoms with E-state index in [0.717, 1.165) is 17.1 Å². The fourth-order valence-electron chi connectivity index (χ4n) is 1.45. The maximum Gasteiger partial charge on any atom is 0.142 e. The number of hydrogen-bond acceptors (Lipinski definition) is 2. The van der Waals surface area contributed by atoms with Crippen LogP contribution in [0.2, 0.25) is 0 Å². The first-order chi connectivity index (χ1) is 6.06. The second-order valence-corrected chi connectivity index (χ2v) is 3.64. The molecule has 0 aliphatic heterocycles. The molecule has 2 nitrogen and oxygen atoms in total. The van der Waals surface area contributed by atoms with Gasteiger partial charge in [0, 0.05) is 5.69 Å². The summed E-state index contributed by atoms with van der Waals surface area (Å²) in [7, 11) is 1.69. The highest BCUT2D eigenvalue weighted by molar-refractivity contribution is 5.37. The van der Waals surface area contributed by atoms with E-state index in [2.05, 4.69) is 31.8 Å². The number of rotatable bonds is 2. The van der Waals surface area contributed by atoms with E-state index in [1.165, 1.54) is 5.56 Å². The molecule has 2 heteroatoms. The van der Waals surface area contributed by atoms with E-state index < -0.39 is 0 Å². The number of methoxy groups -OCH3 is 1. The zero-order chi connectivity index (χ0) is 10.0. The minimum absolute atomic E-state index is 0.475. The summed E-state index contributed by atoms with van der Waals surface area (Å²) in [5.41, 5.74) is 3.28. The lowest BCUT2D eigenvalue weighted by Crippen LogP contribution is -1.99. The first kappa shape index (κ1) is 10.0. The van der Waals surface area contributed by atoms with Crippen molar-refractivity contribution in [1.29, 1.82) is 0 Å². The van der Waals surface area contributed by atoms with Crippen molar-refractivity contribution in [1.82, 2.24) is 4.98 Å². The van der Waals surface area contributed by atoms with Gasteiger partial charge in [0.15, 0.2) is 0 Å². The Hall–Kier alpha value is -1.05. The van der Waals surface area contributed by atoms with Gasteiger partial charge in [0.2, 0.25) is 0 Å². The largest absolute Gasteiger partial charge is 0.495 e. The summed E-state index contributed by atoms with van der Waals surface area (Å²) in [4.78, 5) is 4.48. The molecule has 1 aromatic rings. The molecule has 0 saturated carbocycles. The van der Waals surface area contributed by atoms with E-state index in [4.69, 9.17) is 4.74 Å². The van der Waals surface area contributed by atoms with Gasteiger partial charge in [-0.2, -0.15) is 0 Å². The molecule has 0 aliphatic carbocycles. The van der Waals surface area contributed by atoms with Crippen LogP contribution in [0.15, 0.2) is 6.07 Å². The van der Waals surface area contributed by atoms with Crippen molar-refractivity contribution in [2.45, 2.75) is 33.6 Å². The molecule has 0 saturated heterocycles. The first-order valence-electron chi connectivity index (χ1n) is 4.58. The molecule has 0 N–H and O–H groups in total. The van der Waals surface area contributed by atoms with E-state index in [-0.39, 0.29) is 0 Å². The minimum Gasteiger partial charge on any atom is -0.495 e. The summed E-state index contributed by atoms with van der Waals surface area (Å²) < 4.78 is 5.25. The number of nitrogens with zero attached hydrogens (tertiary/aromatic N) is 1. The quantitative estimate of drug-likeness (QED) is 0.696. The first-order valence-corrected chi connectivity index (χ1v) is 4.58. The fourth-order valence-corrected chi connectivity index (χ4v) is 1.45. The Bertz CT molecular complexity index is 282. The van der Waals surface area contributed by atoms with Gasteiger partial charge in [-0.15, -0.1) is 0 Å². The van der Waals surface area contributed by atoms with Gasteiger partial charge in [0.1, 0.15) is 5.75 Å². The molecule has 0 spiro atoms. The van der Waals surface area contributed by atoms with Gasteiger partial charge in [-0.3, -0.25) is 4.98 Å². The Morgan fingerprint density at radius 3 is 2.31 bits per heavy atom. The van der Waals surface area contributed by atoms with Crippen molar-refractivity contribution in [3.05, 3.63) is 23.0 Å². The molecule has 0 bridgehead atoms. The van der Waals surface area contributed by atoms with Crippen molar-refractivity contribution in [2.24, 2.45) is 0 Å². The molecule has 13 heavy (non-hydrogen) atoms. The zero-order valence-corrected chi connectivity index (χ0v) is 9.01. The molecular weight excluding hydrogens is 162 g/mol. The van der Waals surface area contributed by atoms with Gasteiger partial charge in [0.25, 0.3) is 0 Å². The molecule has 0 aliphatic rings. The van der Waals surface area contributed by atoms with Crippen LogP contribution >= 0.6 is 0 Å². The summed E-state index contributed by atoms with van der Waals surface area (Å²) in [6, 6.07) is 2.09. The molecule has 0 amide bonds. The number of pyridine rings is 1. The van der Waals surface area contributed by atoms with Gasteiger partial charge in [-0.25, -0.2) is 0 Å². The van der Waals surface area contributed by atoms with Gasteiger partial charge in [0.05, 0.1) is 12.8 Å². The summed E-state index contributed by atoms with van der Waals surface area (Å²) in [6.45, 7) is 8.33. The average molecular weight is 179 g/mol. The van der Waals surface area contributed by atoms with Crippen LogP contribution in [0, 0.1) is 13.8 Å². The SMILES string of the molecule is COc1c(C)cc(C(C)C)nc1C. The highest BCUT2D eigenvalue weighted by atomic mass is 16.5. The van der Waals surface area contributed by atoms with Crippen LogP contribution in [-0.4, -0.2) is 12.1 Å². The minimum atomic E-state index is 0.475. The normalized spacial score (nSPS) is 10.6. The number of hydrogen-bond donors (Lipinski definition) is 0. The summed E-state index contributed by atoms with van der Waals surface area (Å²) in [6.07, 6.45) is 0. The van der Waals surface area contributed by atoms with Gasteiger partial charge in [-0.1, -0.05) is 13.8 Å². The molecule has 1 heterocycles. The second kappa shape index (κ2) is 3.77. The lowest BCUT2D eigenvalue weighted by Gasteiger charge is -2.11. The Morgan fingerprint density at radius 1 is 1.31 bits per heavy atom. The molecule has 0 atom stereocenters. The molecule has 72 valence electrons. The second-order valence-electron chi connectivity index (χ2n) is 3.64. The van der Waals surface area contributed by atoms with Crippen LogP contribution < -0.4 is 4.74 Å². The number of aryl methyl sites for hydroxylation is 2. The Morgan fingerprint density at radius 2 is 1.92 bits per heavy atom. The Kier molecular flexibility index (Phi) is 2.91. The molecular formula is C11H17NO. The third-order valence-corrected chi connectivity index (χ3v) is 2.14. The predicted octanol–water partition coefficient (Wildman–Crippen LogP) is 2.83. The zero-order valence-electron chi connectivity index (χ0n) is 9.01. The van der Waals surface area contributed by atoms with E-state index in [1.54, 1.807) is 7.11 Å². The molecule has 1 aromatic heterocycles. The maximum absolute atomic E-state index is 5.25. The maximum atomic E-state index is 5.25. The van der Waals surface area contributed by atoms with Crippen molar-refractivity contribution in [3.8, 4) is 5.75 Å². The van der Waals surface area contributed by atoms with Crippen molar-refractivity contribution in [3.63, 3.8) is 0 Å². The highest BCUT2D eigenvalue weighted by Gasteiger charge is 2.08. The Labute approximate surface area is 80.0 Å². The van der Waals surface area contributed by atoms with Gasteiger partial charge >= 0.3 is 0 Å². The summed E-state index contributed by atoms with van der Waals surface area (Å²) in [5.74, 6) is 1.38. The van der Waals surface area contributed by atoms with Crippen molar-refractivity contribution < 1.29 is 4.74 Å².